The van der Waals surface area contributed by atoms with Crippen molar-refractivity contribution in [1.29, 1.82) is 0 Å². The number of carbonyl (C=O) groups excluding carboxylic acids is 3. The molecular formula is C18H28O7. The van der Waals surface area contributed by atoms with Crippen LogP contribution < -0.4 is 0 Å². The molecule has 1 saturated carbocycles. The normalized spacial score (nSPS) is 32.2. The van der Waals surface area contributed by atoms with Gasteiger partial charge >= 0.3 is 11.9 Å². The molecule has 0 aromatic rings. The number of ether oxygens (including phenoxy) is 4. The van der Waals surface area contributed by atoms with Gasteiger partial charge in [-0.1, -0.05) is 0 Å². The Labute approximate surface area is 148 Å². The predicted molar refractivity (Wildman–Crippen MR) is 87.5 cm³/mol. The molecule has 0 aromatic carbocycles. The third kappa shape index (κ3) is 6.08. The second-order valence-electron chi connectivity index (χ2n) is 6.81. The Kier molecular flexibility index (Phi) is 7.84. The maximum atomic E-state index is 11.4. The van der Waals surface area contributed by atoms with Crippen LogP contribution in [0.3, 0.4) is 0 Å². The van der Waals surface area contributed by atoms with Crippen LogP contribution >= 0.6 is 0 Å². The van der Waals surface area contributed by atoms with Crippen LogP contribution in [0.25, 0.3) is 0 Å². The molecule has 2 unspecified atom stereocenters. The van der Waals surface area contributed by atoms with Crippen molar-refractivity contribution in [2.75, 3.05) is 19.8 Å². The van der Waals surface area contributed by atoms with Crippen molar-refractivity contribution < 1.29 is 33.3 Å². The highest BCUT2D eigenvalue weighted by molar-refractivity contribution is 5.66. The minimum atomic E-state index is -0.371. The van der Waals surface area contributed by atoms with E-state index in [1.54, 1.807) is 0 Å². The molecule has 0 bridgehead atoms. The first kappa shape index (κ1) is 19.8. The van der Waals surface area contributed by atoms with Crippen molar-refractivity contribution in [1.82, 2.24) is 0 Å². The number of hydrogen-bond donors (Lipinski definition) is 0. The van der Waals surface area contributed by atoms with Crippen LogP contribution in [0.4, 0.5) is 0 Å². The van der Waals surface area contributed by atoms with Crippen LogP contribution in [0.5, 0.6) is 0 Å². The summed E-state index contributed by atoms with van der Waals surface area (Å²) in [6, 6.07) is 0. The molecule has 0 spiro atoms. The first-order valence-electron chi connectivity index (χ1n) is 8.98. The topological polar surface area (TPSA) is 88.1 Å². The number of hydrogen-bond acceptors (Lipinski definition) is 7. The summed E-state index contributed by atoms with van der Waals surface area (Å²) in [5.41, 5.74) is 0. The molecular weight excluding hydrogens is 328 g/mol. The molecule has 7 heteroatoms. The molecule has 7 nitrogen and oxygen atoms in total. The van der Waals surface area contributed by atoms with Gasteiger partial charge in [0.1, 0.15) is 12.4 Å². The average molecular weight is 356 g/mol. The van der Waals surface area contributed by atoms with Gasteiger partial charge < -0.3 is 23.7 Å². The largest absolute Gasteiger partial charge is 0.466 e. The summed E-state index contributed by atoms with van der Waals surface area (Å²) in [5.74, 6) is -0.894. The maximum Gasteiger partial charge on any atom is 0.302 e. The van der Waals surface area contributed by atoms with Gasteiger partial charge in [0, 0.05) is 38.7 Å². The van der Waals surface area contributed by atoms with Crippen LogP contribution in [0.2, 0.25) is 0 Å². The number of carbonyl (C=O) groups is 3. The molecule has 0 amide bonds. The van der Waals surface area contributed by atoms with Gasteiger partial charge in [-0.15, -0.1) is 0 Å². The van der Waals surface area contributed by atoms with Crippen molar-refractivity contribution in [3.8, 4) is 0 Å². The van der Waals surface area contributed by atoms with Crippen molar-refractivity contribution >= 4 is 18.2 Å². The summed E-state index contributed by atoms with van der Waals surface area (Å²) in [6.45, 7) is 4.05. The van der Waals surface area contributed by atoms with E-state index in [-0.39, 0.29) is 55.1 Å². The molecule has 1 heterocycles. The van der Waals surface area contributed by atoms with Gasteiger partial charge in [0.2, 0.25) is 0 Å². The second kappa shape index (κ2) is 9.87. The van der Waals surface area contributed by atoms with Gasteiger partial charge in [0.15, 0.2) is 6.29 Å². The summed E-state index contributed by atoms with van der Waals surface area (Å²) in [5, 5.41) is 0. The standard InChI is InChI=1S/C18H28O7/c1-12(20)23-10-14-9-17(25-13(2)21)15(6-7-19)16(14)11-24-18-5-3-4-8-22-18/h7,14-18H,3-6,8-11H2,1-2H3/t14-,15+,16-,17?,18?/m1/s1. The minimum Gasteiger partial charge on any atom is -0.466 e. The molecule has 1 aliphatic heterocycles. The fourth-order valence-electron chi connectivity index (χ4n) is 3.80. The average Bonchev–Trinajstić information content (AvgIpc) is 2.88. The summed E-state index contributed by atoms with van der Waals surface area (Å²) < 4.78 is 22.1. The van der Waals surface area contributed by atoms with Crippen molar-refractivity contribution in [2.24, 2.45) is 17.8 Å². The zero-order valence-corrected chi connectivity index (χ0v) is 15.0. The first-order chi connectivity index (χ1) is 12.0. The summed E-state index contributed by atoms with van der Waals surface area (Å²) >= 11 is 0. The predicted octanol–water partition coefficient (Wildman–Crippen LogP) is 1.87. The Morgan fingerprint density at radius 3 is 2.52 bits per heavy atom. The lowest BCUT2D eigenvalue weighted by atomic mass is 9.88. The highest BCUT2D eigenvalue weighted by atomic mass is 16.7. The van der Waals surface area contributed by atoms with Gasteiger partial charge in [-0.25, -0.2) is 0 Å². The van der Waals surface area contributed by atoms with Gasteiger partial charge in [0.05, 0.1) is 13.2 Å². The highest BCUT2D eigenvalue weighted by Crippen LogP contribution is 2.41. The summed E-state index contributed by atoms with van der Waals surface area (Å²) in [6.07, 6.45) is 4.07. The third-order valence-corrected chi connectivity index (χ3v) is 4.97. The van der Waals surface area contributed by atoms with E-state index in [1.165, 1.54) is 13.8 Å². The molecule has 2 rings (SSSR count). The Balaban J connectivity index is 2.03. The number of rotatable bonds is 8. The molecule has 0 aromatic heterocycles. The van der Waals surface area contributed by atoms with E-state index in [1.807, 2.05) is 0 Å². The van der Waals surface area contributed by atoms with Crippen molar-refractivity contribution in [3.63, 3.8) is 0 Å². The third-order valence-electron chi connectivity index (χ3n) is 4.97. The van der Waals surface area contributed by atoms with Crippen molar-refractivity contribution in [3.05, 3.63) is 0 Å². The molecule has 5 atom stereocenters. The van der Waals surface area contributed by atoms with Crippen LogP contribution in [0.15, 0.2) is 0 Å². The Morgan fingerprint density at radius 1 is 1.12 bits per heavy atom. The van der Waals surface area contributed by atoms with Gasteiger partial charge in [-0.3, -0.25) is 9.59 Å². The summed E-state index contributed by atoms with van der Waals surface area (Å²) in [4.78, 5) is 33.7. The number of aldehydes is 1. The first-order valence-corrected chi connectivity index (χ1v) is 8.98. The molecule has 2 aliphatic rings. The van der Waals surface area contributed by atoms with Crippen molar-refractivity contribution in [2.45, 2.75) is 58.3 Å². The van der Waals surface area contributed by atoms with E-state index in [2.05, 4.69) is 0 Å². The van der Waals surface area contributed by atoms with Gasteiger partial charge in [-0.05, 0) is 31.6 Å². The molecule has 25 heavy (non-hydrogen) atoms. The minimum absolute atomic E-state index is 0.0122. The monoisotopic (exact) mass is 356 g/mol. The molecule has 1 aliphatic carbocycles. The molecule has 0 radical (unpaired) electrons. The Morgan fingerprint density at radius 2 is 1.92 bits per heavy atom. The second-order valence-corrected chi connectivity index (χ2v) is 6.81. The molecule has 142 valence electrons. The van der Waals surface area contributed by atoms with E-state index in [0.717, 1.165) is 25.5 Å². The van der Waals surface area contributed by atoms with Gasteiger partial charge in [-0.2, -0.15) is 0 Å². The lowest BCUT2D eigenvalue weighted by molar-refractivity contribution is -0.176. The number of esters is 2. The van der Waals surface area contributed by atoms with Gasteiger partial charge in [0.25, 0.3) is 0 Å². The smallest absolute Gasteiger partial charge is 0.302 e. The fourth-order valence-corrected chi connectivity index (χ4v) is 3.80. The zero-order chi connectivity index (χ0) is 18.2. The fraction of sp³-hybridized carbons (Fsp3) is 0.833. The SMILES string of the molecule is CC(=O)OC[C@H]1CC(OC(C)=O)[C@@H](CC=O)[C@@H]1COC1CCCCO1. The Hall–Kier alpha value is -1.47. The quantitative estimate of drug-likeness (QED) is 0.484. The molecule has 0 N–H and O–H groups in total. The Bertz CT molecular complexity index is 458. The van der Waals surface area contributed by atoms with Crippen LogP contribution in [-0.4, -0.2) is 50.4 Å². The molecule has 1 saturated heterocycles. The van der Waals surface area contributed by atoms with E-state index in [0.29, 0.717) is 19.6 Å². The zero-order valence-electron chi connectivity index (χ0n) is 15.0. The maximum absolute atomic E-state index is 11.4. The lowest BCUT2D eigenvalue weighted by Gasteiger charge is -2.28. The van der Waals surface area contributed by atoms with Crippen LogP contribution in [-0.2, 0) is 33.3 Å². The van der Waals surface area contributed by atoms with E-state index in [4.69, 9.17) is 18.9 Å². The molecule has 2 fully saturated rings. The van der Waals surface area contributed by atoms with Crippen LogP contribution in [0.1, 0.15) is 46.0 Å². The lowest BCUT2D eigenvalue weighted by Crippen LogP contribution is -2.32. The highest BCUT2D eigenvalue weighted by Gasteiger charge is 2.45. The van der Waals surface area contributed by atoms with E-state index < -0.39 is 0 Å². The summed E-state index contributed by atoms with van der Waals surface area (Å²) in [7, 11) is 0. The van der Waals surface area contributed by atoms with Crippen LogP contribution in [0, 0.1) is 17.8 Å². The van der Waals surface area contributed by atoms with E-state index >= 15 is 0 Å². The van der Waals surface area contributed by atoms with E-state index in [9.17, 15) is 14.4 Å².